The number of carbonyl (C=O) groups is 2. The van der Waals surface area contributed by atoms with E-state index in [1.807, 2.05) is 44.2 Å². The van der Waals surface area contributed by atoms with Gasteiger partial charge in [-0.2, -0.15) is 0 Å². The van der Waals surface area contributed by atoms with Crippen molar-refractivity contribution < 1.29 is 14.7 Å². The van der Waals surface area contributed by atoms with Gasteiger partial charge in [0.1, 0.15) is 0 Å². The van der Waals surface area contributed by atoms with Crippen molar-refractivity contribution in [2.45, 2.75) is 44.6 Å². The van der Waals surface area contributed by atoms with Gasteiger partial charge in [0, 0.05) is 6.04 Å². The van der Waals surface area contributed by atoms with Gasteiger partial charge >= 0.3 is 5.97 Å². The topological polar surface area (TPSA) is 66.4 Å². The molecule has 1 fully saturated rings. The smallest absolute Gasteiger partial charge is 0.305 e. The van der Waals surface area contributed by atoms with Gasteiger partial charge in [0.25, 0.3) is 0 Å². The number of hydrogen-bond donors (Lipinski definition) is 2. The molecular weight excluding hydrogens is 254 g/mol. The van der Waals surface area contributed by atoms with Crippen LogP contribution < -0.4 is 5.32 Å². The van der Waals surface area contributed by atoms with Crippen LogP contribution in [0.2, 0.25) is 0 Å². The van der Waals surface area contributed by atoms with Crippen LogP contribution in [0.4, 0.5) is 0 Å². The number of nitrogens with one attached hydrogen (secondary N) is 1. The van der Waals surface area contributed by atoms with Gasteiger partial charge < -0.3 is 10.4 Å². The van der Waals surface area contributed by atoms with Crippen molar-refractivity contribution in [1.82, 2.24) is 5.32 Å². The summed E-state index contributed by atoms with van der Waals surface area (Å²) >= 11 is 0. The fourth-order valence-corrected chi connectivity index (χ4v) is 2.36. The minimum atomic E-state index is -0.861. The van der Waals surface area contributed by atoms with E-state index < -0.39 is 11.4 Å². The van der Waals surface area contributed by atoms with Gasteiger partial charge in [-0.05, 0) is 38.2 Å². The van der Waals surface area contributed by atoms with Crippen LogP contribution in [0.1, 0.15) is 38.7 Å². The zero-order valence-corrected chi connectivity index (χ0v) is 11.9. The molecular formula is C16H21NO3. The minimum absolute atomic E-state index is 0.00127. The molecule has 0 saturated heterocycles. The Labute approximate surface area is 119 Å². The molecule has 20 heavy (non-hydrogen) atoms. The van der Waals surface area contributed by atoms with Crippen LogP contribution in [0.15, 0.2) is 30.3 Å². The number of carbonyl (C=O) groups excluding carboxylic acids is 1. The molecule has 0 radical (unpaired) electrons. The Morgan fingerprint density at radius 1 is 1.30 bits per heavy atom. The lowest BCUT2D eigenvalue weighted by Gasteiger charge is -2.27. The average molecular weight is 275 g/mol. The molecule has 1 aromatic rings. The van der Waals surface area contributed by atoms with Gasteiger partial charge in [-0.3, -0.25) is 9.59 Å². The summed E-state index contributed by atoms with van der Waals surface area (Å²) in [5.74, 6) is -0.650. The van der Waals surface area contributed by atoms with E-state index in [2.05, 4.69) is 5.32 Å². The Balaban J connectivity index is 2.07. The first-order chi connectivity index (χ1) is 9.41. The molecule has 1 amide bonds. The van der Waals surface area contributed by atoms with Crippen LogP contribution >= 0.6 is 0 Å². The predicted octanol–water partition coefficient (Wildman–Crippen LogP) is 2.33. The Hall–Kier alpha value is -1.84. The third kappa shape index (κ3) is 3.38. The van der Waals surface area contributed by atoms with E-state index in [-0.39, 0.29) is 18.4 Å². The maximum Gasteiger partial charge on any atom is 0.305 e. The summed E-state index contributed by atoms with van der Waals surface area (Å²) in [6, 6.07) is 9.31. The van der Waals surface area contributed by atoms with Crippen LogP contribution in [0, 0.1) is 5.92 Å². The van der Waals surface area contributed by atoms with Crippen LogP contribution in [0.5, 0.6) is 0 Å². The number of carboxylic acids is 1. The van der Waals surface area contributed by atoms with E-state index in [1.165, 1.54) is 0 Å². The van der Waals surface area contributed by atoms with E-state index in [9.17, 15) is 9.59 Å². The molecule has 0 heterocycles. The van der Waals surface area contributed by atoms with Crippen molar-refractivity contribution >= 4 is 11.9 Å². The van der Waals surface area contributed by atoms with E-state index >= 15 is 0 Å². The summed E-state index contributed by atoms with van der Waals surface area (Å²) in [7, 11) is 0. The molecule has 1 aliphatic rings. The SMILES string of the molecule is CC(C)(C(=O)NC(CC(=O)O)C1CC1)c1ccccc1. The summed E-state index contributed by atoms with van der Waals surface area (Å²) in [6.45, 7) is 3.73. The summed E-state index contributed by atoms with van der Waals surface area (Å²) in [6.07, 6.45) is 2.01. The van der Waals surface area contributed by atoms with E-state index in [0.717, 1.165) is 18.4 Å². The molecule has 4 heteroatoms. The molecule has 0 aliphatic heterocycles. The maximum absolute atomic E-state index is 12.5. The number of amides is 1. The van der Waals surface area contributed by atoms with Crippen molar-refractivity contribution in [3.63, 3.8) is 0 Å². The first kappa shape index (κ1) is 14.6. The largest absolute Gasteiger partial charge is 0.481 e. The number of rotatable bonds is 6. The minimum Gasteiger partial charge on any atom is -0.481 e. The number of hydrogen-bond acceptors (Lipinski definition) is 2. The standard InChI is InChI=1S/C16H21NO3/c1-16(2,12-6-4-3-5-7-12)15(20)17-13(10-14(18)19)11-8-9-11/h3-7,11,13H,8-10H2,1-2H3,(H,17,20)(H,18,19). The fourth-order valence-electron chi connectivity index (χ4n) is 2.36. The molecule has 1 unspecified atom stereocenters. The highest BCUT2D eigenvalue weighted by Gasteiger charge is 2.37. The Morgan fingerprint density at radius 3 is 2.40 bits per heavy atom. The summed E-state index contributed by atoms with van der Waals surface area (Å²) < 4.78 is 0. The van der Waals surface area contributed by atoms with Gasteiger partial charge in [0.15, 0.2) is 0 Å². The Bertz CT molecular complexity index is 492. The Kier molecular flexibility index (Phi) is 4.12. The van der Waals surface area contributed by atoms with Crippen molar-refractivity contribution in [2.75, 3.05) is 0 Å². The van der Waals surface area contributed by atoms with Crippen molar-refractivity contribution in [2.24, 2.45) is 5.92 Å². The zero-order valence-electron chi connectivity index (χ0n) is 11.9. The van der Waals surface area contributed by atoms with Crippen LogP contribution in [0.3, 0.4) is 0 Å². The predicted molar refractivity (Wildman–Crippen MR) is 76.4 cm³/mol. The van der Waals surface area contributed by atoms with E-state index in [1.54, 1.807) is 0 Å². The second-order valence-corrected chi connectivity index (χ2v) is 6.01. The van der Waals surface area contributed by atoms with Crippen molar-refractivity contribution in [3.05, 3.63) is 35.9 Å². The van der Waals surface area contributed by atoms with E-state index in [0.29, 0.717) is 5.92 Å². The normalized spacial score (nSPS) is 16.5. The first-order valence-electron chi connectivity index (χ1n) is 6.99. The highest BCUT2D eigenvalue weighted by molar-refractivity contribution is 5.88. The number of carboxylic acid groups (broad SMARTS) is 1. The molecule has 0 aromatic heterocycles. The fraction of sp³-hybridized carbons (Fsp3) is 0.500. The van der Waals surface area contributed by atoms with Crippen molar-refractivity contribution in [3.8, 4) is 0 Å². The zero-order chi connectivity index (χ0) is 14.8. The van der Waals surface area contributed by atoms with Crippen LogP contribution in [0.25, 0.3) is 0 Å². The number of aliphatic carboxylic acids is 1. The molecule has 1 atom stereocenters. The van der Waals surface area contributed by atoms with Gasteiger partial charge in [-0.1, -0.05) is 30.3 Å². The highest BCUT2D eigenvalue weighted by Crippen LogP contribution is 2.35. The lowest BCUT2D eigenvalue weighted by Crippen LogP contribution is -2.46. The third-order valence-electron chi connectivity index (χ3n) is 3.97. The first-order valence-corrected chi connectivity index (χ1v) is 6.99. The molecule has 2 rings (SSSR count). The van der Waals surface area contributed by atoms with Gasteiger partial charge in [0.2, 0.25) is 5.91 Å². The summed E-state index contributed by atoms with van der Waals surface area (Å²) in [5, 5.41) is 11.9. The lowest BCUT2D eigenvalue weighted by molar-refractivity contribution is -0.138. The molecule has 1 aliphatic carbocycles. The highest BCUT2D eigenvalue weighted by atomic mass is 16.4. The number of benzene rings is 1. The maximum atomic E-state index is 12.5. The van der Waals surface area contributed by atoms with Crippen molar-refractivity contribution in [1.29, 1.82) is 0 Å². The van der Waals surface area contributed by atoms with E-state index in [4.69, 9.17) is 5.11 Å². The molecule has 4 nitrogen and oxygen atoms in total. The summed E-state index contributed by atoms with van der Waals surface area (Å²) in [5.41, 5.74) is 0.273. The average Bonchev–Trinajstić information content (AvgIpc) is 3.22. The lowest BCUT2D eigenvalue weighted by atomic mass is 9.83. The molecule has 0 bridgehead atoms. The second-order valence-electron chi connectivity index (χ2n) is 6.01. The Morgan fingerprint density at radius 2 is 1.90 bits per heavy atom. The molecule has 1 aromatic carbocycles. The molecule has 2 N–H and O–H groups in total. The second kappa shape index (κ2) is 5.65. The molecule has 0 spiro atoms. The quantitative estimate of drug-likeness (QED) is 0.837. The monoisotopic (exact) mass is 275 g/mol. The van der Waals surface area contributed by atoms with Gasteiger partial charge in [-0.15, -0.1) is 0 Å². The van der Waals surface area contributed by atoms with Crippen LogP contribution in [-0.4, -0.2) is 23.0 Å². The molecule has 1 saturated carbocycles. The molecule has 108 valence electrons. The van der Waals surface area contributed by atoms with Gasteiger partial charge in [0.05, 0.1) is 11.8 Å². The van der Waals surface area contributed by atoms with Gasteiger partial charge in [-0.25, -0.2) is 0 Å². The summed E-state index contributed by atoms with van der Waals surface area (Å²) in [4.78, 5) is 23.4. The third-order valence-corrected chi connectivity index (χ3v) is 3.97. The van der Waals surface area contributed by atoms with Crippen LogP contribution in [-0.2, 0) is 15.0 Å².